The Hall–Kier alpha value is -1.12. The van der Waals surface area contributed by atoms with E-state index in [1.807, 2.05) is 0 Å². The van der Waals surface area contributed by atoms with Crippen LogP contribution >= 0.6 is 0 Å². The van der Waals surface area contributed by atoms with Crippen molar-refractivity contribution in [2.45, 2.75) is 63.9 Å². The van der Waals surface area contributed by atoms with Crippen molar-refractivity contribution >= 4 is 37.2 Å². The van der Waals surface area contributed by atoms with E-state index in [2.05, 4.69) is 21.6 Å². The molecule has 1 rings (SSSR count). The Morgan fingerprint density at radius 2 is 1.79 bits per heavy atom. The van der Waals surface area contributed by atoms with Crippen LogP contribution in [0.3, 0.4) is 0 Å². The van der Waals surface area contributed by atoms with Crippen LogP contribution in [0.4, 0.5) is 0 Å². The van der Waals surface area contributed by atoms with Gasteiger partial charge in [0.15, 0.2) is 0 Å². The van der Waals surface area contributed by atoms with Crippen molar-refractivity contribution < 1.29 is 32.5 Å². The molecule has 0 bridgehead atoms. The fourth-order valence-electron chi connectivity index (χ4n) is 2.36. The maximum absolute atomic E-state index is 12.8. The summed E-state index contributed by atoms with van der Waals surface area (Å²) in [5.74, 6) is -0.999. The van der Waals surface area contributed by atoms with Crippen LogP contribution in [0.2, 0.25) is 0 Å². The van der Waals surface area contributed by atoms with Crippen molar-refractivity contribution in [2.24, 2.45) is 0 Å². The number of hydrogen-bond donors (Lipinski definition) is 2. The third-order valence-corrected chi connectivity index (χ3v) is 5.46. The fraction of sp³-hybridized carbons (Fsp3) is 0.611. The van der Waals surface area contributed by atoms with Crippen LogP contribution in [0.1, 0.15) is 41.0 Å². The average molecular weight is 477 g/mol. The fourth-order valence-corrected chi connectivity index (χ4v) is 4.08. The first-order valence-electron chi connectivity index (χ1n) is 8.89. The van der Waals surface area contributed by atoms with Gasteiger partial charge in [0.05, 0.1) is 0 Å². The number of sulfonamides is 1. The summed E-state index contributed by atoms with van der Waals surface area (Å²) in [4.78, 5) is 12.0. The summed E-state index contributed by atoms with van der Waals surface area (Å²) in [5, 5.41) is 10.0. The molecule has 0 spiro atoms. The van der Waals surface area contributed by atoms with Gasteiger partial charge in [-0.15, -0.1) is 0 Å². The number of carbonyl (C=O) groups excluding carboxylic acids is 1. The molecule has 0 fully saturated rings. The number of carbonyl (C=O) groups is 1. The Bertz CT molecular complexity index is 756. The molecule has 0 aliphatic carbocycles. The van der Waals surface area contributed by atoms with Gasteiger partial charge in [0.1, 0.15) is 0 Å². The van der Waals surface area contributed by atoms with Gasteiger partial charge in [0.2, 0.25) is 0 Å². The molecule has 0 unspecified atom stereocenters. The topological polar surface area (TPSA) is 111 Å². The van der Waals surface area contributed by atoms with Gasteiger partial charge in [-0.2, -0.15) is 0 Å². The minimum absolute atomic E-state index is 0.255. The van der Waals surface area contributed by atoms with Crippen LogP contribution in [-0.4, -0.2) is 67.5 Å². The monoisotopic (exact) mass is 477 g/mol. The molecule has 1 atom stereocenters. The summed E-state index contributed by atoms with van der Waals surface area (Å²) in [6.07, 6.45) is -1.30. The number of nitrogens with one attached hydrogen (secondary N) is 1. The number of esters is 1. The molecule has 28 heavy (non-hydrogen) atoms. The first-order chi connectivity index (χ1) is 12.9. The summed E-state index contributed by atoms with van der Waals surface area (Å²) >= 11 is 2.21. The Morgan fingerprint density at radius 3 is 2.25 bits per heavy atom. The number of hydrogen-bond acceptors (Lipinski definition) is 7. The SMILES string of the molecule is CCOC(OCC)[C@H](CC(=O)OC(C)(C)C)NS(=O)(=O)c1ccc([As])cc1O. The van der Waals surface area contributed by atoms with E-state index in [-0.39, 0.29) is 24.5 Å². The molecule has 0 aliphatic heterocycles. The molecule has 2 radical (unpaired) electrons. The zero-order valence-electron chi connectivity index (χ0n) is 16.8. The molecular formula is C18H28AsNO7S. The van der Waals surface area contributed by atoms with E-state index in [1.165, 1.54) is 12.1 Å². The third-order valence-electron chi connectivity index (χ3n) is 3.34. The van der Waals surface area contributed by atoms with Crippen LogP contribution in [0.5, 0.6) is 5.75 Å². The Balaban J connectivity index is 3.16. The van der Waals surface area contributed by atoms with E-state index in [4.69, 9.17) is 14.2 Å². The molecule has 1 aromatic rings. The number of phenolic OH excluding ortho intramolecular Hbond substituents is 1. The van der Waals surface area contributed by atoms with E-state index in [0.717, 1.165) is 0 Å². The Morgan fingerprint density at radius 1 is 1.21 bits per heavy atom. The summed E-state index contributed by atoms with van der Waals surface area (Å²) in [6.45, 7) is 9.13. The molecule has 0 amide bonds. The average Bonchev–Trinajstić information content (AvgIpc) is 2.51. The summed E-state index contributed by atoms with van der Waals surface area (Å²) < 4.78 is 45.0. The van der Waals surface area contributed by atoms with Crippen molar-refractivity contribution in [2.75, 3.05) is 13.2 Å². The van der Waals surface area contributed by atoms with Crippen molar-refractivity contribution in [3.05, 3.63) is 18.2 Å². The van der Waals surface area contributed by atoms with E-state index in [1.54, 1.807) is 40.7 Å². The molecule has 0 aromatic heterocycles. The zero-order valence-corrected chi connectivity index (χ0v) is 19.5. The second-order valence-corrected chi connectivity index (χ2v) is 9.72. The van der Waals surface area contributed by atoms with Gasteiger partial charge in [-0.25, -0.2) is 0 Å². The molecule has 0 saturated heterocycles. The summed E-state index contributed by atoms with van der Waals surface area (Å²) in [5.41, 5.74) is -0.722. The van der Waals surface area contributed by atoms with E-state index >= 15 is 0 Å². The molecule has 0 heterocycles. The van der Waals surface area contributed by atoms with Crippen LogP contribution in [0.25, 0.3) is 0 Å². The van der Waals surface area contributed by atoms with Gasteiger partial charge in [-0.05, 0) is 0 Å². The number of ether oxygens (including phenoxy) is 3. The summed E-state index contributed by atoms with van der Waals surface area (Å²) in [6, 6.07) is 3.10. The second kappa shape index (κ2) is 10.6. The quantitative estimate of drug-likeness (QED) is 0.293. The second-order valence-electron chi connectivity index (χ2n) is 6.95. The number of benzene rings is 1. The molecular weight excluding hydrogens is 449 g/mol. The first-order valence-corrected chi connectivity index (χ1v) is 11.3. The zero-order chi connectivity index (χ0) is 21.5. The van der Waals surface area contributed by atoms with E-state index in [0.29, 0.717) is 4.35 Å². The molecule has 1 aromatic carbocycles. The van der Waals surface area contributed by atoms with Crippen LogP contribution in [0.15, 0.2) is 23.1 Å². The molecule has 8 nitrogen and oxygen atoms in total. The van der Waals surface area contributed by atoms with Gasteiger partial charge in [-0.3, -0.25) is 0 Å². The van der Waals surface area contributed by atoms with Crippen LogP contribution in [-0.2, 0) is 29.0 Å². The molecule has 0 aliphatic rings. The maximum atomic E-state index is 12.8. The van der Waals surface area contributed by atoms with Gasteiger partial charge in [0, 0.05) is 0 Å². The standard InChI is InChI=1S/C18H28AsNO7S/c1-6-25-17(26-7-2)13(11-16(22)27-18(3,4)5)20-28(23,24)15-9-8-12(19)10-14(15)21/h8-10,13,17,20-21H,6-7,11H2,1-5H3/t13-/m0/s1. The van der Waals surface area contributed by atoms with E-state index in [9.17, 15) is 18.3 Å². The third kappa shape index (κ3) is 8.09. The predicted octanol–water partition coefficient (Wildman–Crippen LogP) is 0.964. The summed E-state index contributed by atoms with van der Waals surface area (Å²) in [7, 11) is -4.15. The van der Waals surface area contributed by atoms with Crippen molar-refractivity contribution in [1.29, 1.82) is 0 Å². The number of aromatic hydroxyl groups is 1. The molecule has 0 saturated carbocycles. The van der Waals surface area contributed by atoms with Crippen molar-refractivity contribution in [3.8, 4) is 5.75 Å². The van der Waals surface area contributed by atoms with Gasteiger partial charge in [-0.1, -0.05) is 0 Å². The molecule has 2 N–H and O–H groups in total. The number of phenols is 1. The molecule has 158 valence electrons. The minimum atomic E-state index is -4.15. The van der Waals surface area contributed by atoms with E-state index < -0.39 is 39.7 Å². The predicted molar refractivity (Wildman–Crippen MR) is 105 cm³/mol. The van der Waals surface area contributed by atoms with Gasteiger partial charge in [0.25, 0.3) is 0 Å². The van der Waals surface area contributed by atoms with Gasteiger partial charge < -0.3 is 0 Å². The number of rotatable bonds is 10. The Kier molecular flexibility index (Phi) is 9.43. The Labute approximate surface area is 175 Å². The van der Waals surface area contributed by atoms with Crippen molar-refractivity contribution in [3.63, 3.8) is 0 Å². The molecule has 10 heteroatoms. The van der Waals surface area contributed by atoms with Crippen LogP contribution < -0.4 is 9.07 Å². The van der Waals surface area contributed by atoms with Crippen molar-refractivity contribution in [1.82, 2.24) is 4.72 Å². The van der Waals surface area contributed by atoms with Crippen LogP contribution in [0, 0.1) is 0 Å². The first kappa shape index (κ1) is 24.9. The normalized spacial score (nSPS) is 13.5. The van der Waals surface area contributed by atoms with Gasteiger partial charge >= 0.3 is 175 Å².